The smallest absolute Gasteiger partial charge is 0.325 e. The lowest BCUT2D eigenvalue weighted by molar-refractivity contribution is -0.387. The average molecular weight is 546 g/mol. The van der Waals surface area contributed by atoms with Gasteiger partial charge in [-0.25, -0.2) is 12.8 Å². The Bertz CT molecular complexity index is 1520. The van der Waals surface area contributed by atoms with Crippen molar-refractivity contribution in [2.45, 2.75) is 37.3 Å². The number of sulfonamides is 1. The summed E-state index contributed by atoms with van der Waals surface area (Å²) in [7, 11) is -4.56. The second-order valence-electron chi connectivity index (χ2n) is 8.83. The maximum absolute atomic E-state index is 13.3. The molecule has 1 aromatic heterocycles. The SMILES string of the molecule is Cc1cc(C(=O)COC(=O)[C@@H]2C[C@H](O)CN2S(=O)(=O)c2ccccc2[N+](=O)[O-])c(C)n1-c1ccc(F)cc1. The number of β-amino-alcohol motifs (C(OH)–C–C–N with tert-alkyl or cyclic N) is 1. The Kier molecular flexibility index (Phi) is 7.44. The number of ketones is 1. The molecule has 1 N–H and O–H groups in total. The summed E-state index contributed by atoms with van der Waals surface area (Å²) in [6, 6.07) is 10.5. The van der Waals surface area contributed by atoms with Gasteiger partial charge in [0, 0.05) is 41.7 Å². The van der Waals surface area contributed by atoms with E-state index < -0.39 is 68.4 Å². The first-order chi connectivity index (χ1) is 17.9. The number of Topliss-reactive ketones (excluding diaryl/α,β-unsaturated/α-hetero) is 1. The largest absolute Gasteiger partial charge is 0.456 e. The van der Waals surface area contributed by atoms with E-state index in [1.54, 1.807) is 36.6 Å². The maximum atomic E-state index is 13.3. The van der Waals surface area contributed by atoms with Crippen LogP contribution in [0.5, 0.6) is 0 Å². The van der Waals surface area contributed by atoms with Gasteiger partial charge in [-0.3, -0.25) is 19.7 Å². The lowest BCUT2D eigenvalue weighted by Crippen LogP contribution is -2.42. The Morgan fingerprint density at radius 2 is 1.82 bits per heavy atom. The zero-order chi connectivity index (χ0) is 27.8. The lowest BCUT2D eigenvalue weighted by Gasteiger charge is -2.22. The monoisotopic (exact) mass is 545 g/mol. The molecule has 1 saturated heterocycles. The second kappa shape index (κ2) is 10.4. The van der Waals surface area contributed by atoms with Crippen molar-refractivity contribution in [1.29, 1.82) is 0 Å². The predicted octanol–water partition coefficient (Wildman–Crippen LogP) is 2.69. The third-order valence-electron chi connectivity index (χ3n) is 6.32. The van der Waals surface area contributed by atoms with E-state index >= 15 is 0 Å². The van der Waals surface area contributed by atoms with Crippen LogP contribution in [0.15, 0.2) is 59.5 Å². The van der Waals surface area contributed by atoms with Crippen molar-refractivity contribution in [3.8, 4) is 5.69 Å². The number of hydrogen-bond donors (Lipinski definition) is 1. The van der Waals surface area contributed by atoms with Crippen molar-refractivity contribution in [3.05, 3.63) is 87.5 Å². The van der Waals surface area contributed by atoms with Crippen molar-refractivity contribution in [3.63, 3.8) is 0 Å². The molecular weight excluding hydrogens is 521 g/mol. The summed E-state index contributed by atoms with van der Waals surface area (Å²) in [5.74, 6) is -2.02. The molecule has 13 heteroatoms. The Balaban J connectivity index is 1.52. The Labute approximate surface area is 217 Å². The molecule has 3 aromatic rings. The van der Waals surface area contributed by atoms with Crippen LogP contribution < -0.4 is 0 Å². The summed E-state index contributed by atoms with van der Waals surface area (Å²) >= 11 is 0. The Hall–Kier alpha value is -3.94. The number of carbonyl (C=O) groups is 2. The van der Waals surface area contributed by atoms with Crippen LogP contribution in [0.1, 0.15) is 28.2 Å². The number of ether oxygens (including phenoxy) is 1. The number of para-hydroxylation sites is 1. The normalized spacial score (nSPS) is 17.9. The first kappa shape index (κ1) is 27.1. The molecular formula is C25H24FN3O8S. The third-order valence-corrected chi connectivity index (χ3v) is 8.24. The van der Waals surface area contributed by atoms with Gasteiger partial charge in [-0.15, -0.1) is 0 Å². The molecule has 2 aromatic carbocycles. The number of aryl methyl sites for hydroxylation is 1. The molecule has 0 aliphatic carbocycles. The number of rotatable bonds is 8. The van der Waals surface area contributed by atoms with Crippen LogP contribution in [-0.2, 0) is 19.6 Å². The van der Waals surface area contributed by atoms with E-state index in [2.05, 4.69) is 0 Å². The quantitative estimate of drug-likeness (QED) is 0.197. The minimum Gasteiger partial charge on any atom is -0.456 e. The highest BCUT2D eigenvalue weighted by Gasteiger charge is 2.46. The fourth-order valence-corrected chi connectivity index (χ4v) is 6.35. The molecule has 1 aliphatic heterocycles. The summed E-state index contributed by atoms with van der Waals surface area (Å²) in [6.45, 7) is 2.27. The minimum atomic E-state index is -4.56. The summed E-state index contributed by atoms with van der Waals surface area (Å²) in [5.41, 5.74) is 1.44. The van der Waals surface area contributed by atoms with E-state index in [1.807, 2.05) is 0 Å². The predicted molar refractivity (Wildman–Crippen MR) is 132 cm³/mol. The van der Waals surface area contributed by atoms with Gasteiger partial charge < -0.3 is 14.4 Å². The summed E-state index contributed by atoms with van der Waals surface area (Å²) in [4.78, 5) is 35.7. The highest BCUT2D eigenvalue weighted by atomic mass is 32.2. The van der Waals surface area contributed by atoms with Crippen molar-refractivity contribution in [2.24, 2.45) is 0 Å². The molecule has 11 nitrogen and oxygen atoms in total. The van der Waals surface area contributed by atoms with Crippen LogP contribution in [0.3, 0.4) is 0 Å². The van der Waals surface area contributed by atoms with Gasteiger partial charge >= 0.3 is 5.97 Å². The van der Waals surface area contributed by atoms with Gasteiger partial charge in [0.25, 0.3) is 15.7 Å². The third kappa shape index (κ3) is 5.08. The number of nitrogens with zero attached hydrogens (tertiary/aromatic N) is 3. The van der Waals surface area contributed by atoms with Crippen LogP contribution in [0.25, 0.3) is 5.69 Å². The van der Waals surface area contributed by atoms with Crippen LogP contribution in [0, 0.1) is 29.8 Å². The number of hydrogen-bond acceptors (Lipinski definition) is 8. The number of aromatic nitrogens is 1. The molecule has 0 spiro atoms. The molecule has 0 radical (unpaired) electrons. The molecule has 0 unspecified atom stereocenters. The van der Waals surface area contributed by atoms with Gasteiger partial charge in [0.2, 0.25) is 5.78 Å². The van der Waals surface area contributed by atoms with E-state index in [-0.39, 0.29) is 12.0 Å². The van der Waals surface area contributed by atoms with Crippen molar-refractivity contribution < 1.29 is 37.2 Å². The van der Waals surface area contributed by atoms with Crippen LogP contribution in [0.4, 0.5) is 10.1 Å². The van der Waals surface area contributed by atoms with E-state index in [0.29, 0.717) is 21.4 Å². The maximum Gasteiger partial charge on any atom is 0.325 e. The molecule has 38 heavy (non-hydrogen) atoms. The van der Waals surface area contributed by atoms with Gasteiger partial charge in [-0.2, -0.15) is 4.31 Å². The van der Waals surface area contributed by atoms with Crippen molar-refractivity contribution in [2.75, 3.05) is 13.2 Å². The number of carbonyl (C=O) groups excluding carboxylic acids is 2. The molecule has 0 saturated carbocycles. The average Bonchev–Trinajstić information content (AvgIpc) is 3.42. The Morgan fingerprint density at radius 1 is 1.16 bits per heavy atom. The Morgan fingerprint density at radius 3 is 2.47 bits per heavy atom. The molecule has 4 rings (SSSR count). The molecule has 0 amide bonds. The van der Waals surface area contributed by atoms with Crippen molar-refractivity contribution >= 4 is 27.5 Å². The molecule has 1 aliphatic rings. The number of aliphatic hydroxyl groups excluding tert-OH is 1. The zero-order valence-electron chi connectivity index (χ0n) is 20.4. The van der Waals surface area contributed by atoms with Gasteiger partial charge in [-0.05, 0) is 50.2 Å². The minimum absolute atomic E-state index is 0.260. The molecule has 2 atom stereocenters. The number of halogens is 1. The van der Waals surface area contributed by atoms with Crippen LogP contribution >= 0.6 is 0 Å². The first-order valence-electron chi connectivity index (χ1n) is 11.5. The fraction of sp³-hybridized carbons (Fsp3) is 0.280. The lowest BCUT2D eigenvalue weighted by atomic mass is 10.1. The highest BCUT2D eigenvalue weighted by Crippen LogP contribution is 2.32. The number of nitro benzene ring substituents is 1. The molecule has 0 bridgehead atoms. The molecule has 2 heterocycles. The van der Waals surface area contributed by atoms with E-state index in [9.17, 15) is 37.6 Å². The van der Waals surface area contributed by atoms with Crippen LogP contribution in [-0.4, -0.2) is 64.4 Å². The van der Waals surface area contributed by atoms with Gasteiger partial charge in [-0.1, -0.05) is 12.1 Å². The first-order valence-corrected chi connectivity index (χ1v) is 12.9. The van der Waals surface area contributed by atoms with Gasteiger partial charge in [0.1, 0.15) is 11.9 Å². The topological polar surface area (TPSA) is 149 Å². The summed E-state index contributed by atoms with van der Waals surface area (Å²) < 4.78 is 47.3. The highest BCUT2D eigenvalue weighted by molar-refractivity contribution is 7.89. The zero-order valence-corrected chi connectivity index (χ0v) is 21.2. The standard InChI is InChI=1S/C25H24FN3O8S/c1-15-11-20(16(2)28(15)18-9-7-17(26)8-10-18)23(31)14-37-25(32)22-12-19(30)13-27(22)38(35,36)24-6-4-3-5-21(24)29(33)34/h3-11,19,22,30H,12-14H2,1-2H3/t19-,22-/m0/s1. The summed E-state index contributed by atoms with van der Waals surface area (Å²) in [6.07, 6.45) is -1.51. The van der Waals surface area contributed by atoms with Gasteiger partial charge in [0.05, 0.1) is 11.0 Å². The second-order valence-corrected chi connectivity index (χ2v) is 10.7. The van der Waals surface area contributed by atoms with Crippen LogP contribution in [0.2, 0.25) is 0 Å². The molecule has 200 valence electrons. The van der Waals surface area contributed by atoms with E-state index in [1.165, 1.54) is 24.3 Å². The number of nitro groups is 1. The number of benzene rings is 2. The number of esters is 1. The van der Waals surface area contributed by atoms with Gasteiger partial charge in [0.15, 0.2) is 11.5 Å². The summed E-state index contributed by atoms with van der Waals surface area (Å²) in [5, 5.41) is 21.5. The number of aliphatic hydroxyl groups is 1. The van der Waals surface area contributed by atoms with Crippen molar-refractivity contribution in [1.82, 2.24) is 8.87 Å². The molecule has 1 fully saturated rings. The van der Waals surface area contributed by atoms with E-state index in [0.717, 1.165) is 12.1 Å². The fourth-order valence-electron chi connectivity index (χ4n) is 4.56. The van der Waals surface area contributed by atoms with E-state index in [4.69, 9.17) is 4.74 Å².